The minimum atomic E-state index is -0.962. The van der Waals surface area contributed by atoms with Crippen LogP contribution in [-0.2, 0) is 14.3 Å². The van der Waals surface area contributed by atoms with E-state index in [-0.39, 0.29) is 42.5 Å². The van der Waals surface area contributed by atoms with Crippen molar-refractivity contribution in [2.24, 2.45) is 5.41 Å². The van der Waals surface area contributed by atoms with Gasteiger partial charge in [0.2, 0.25) is 5.91 Å². The van der Waals surface area contributed by atoms with Gasteiger partial charge in [-0.15, -0.1) is 0 Å². The predicted molar refractivity (Wildman–Crippen MR) is 186 cm³/mol. The maximum Gasteiger partial charge on any atom is 0.379 e. The molecule has 254 valence electrons. The Labute approximate surface area is 284 Å². The Kier molecular flexibility index (Phi) is 14.5. The minimum absolute atomic E-state index is 0. The molecule has 1 amide bonds. The smallest absolute Gasteiger partial charge is 0.379 e. The summed E-state index contributed by atoms with van der Waals surface area (Å²) in [5.41, 5.74) is 2.51. The molecular weight excluding hydrogens is 626 g/mol. The quantitative estimate of drug-likeness (QED) is 0.107. The number of esters is 1. The summed E-state index contributed by atoms with van der Waals surface area (Å²) in [4.78, 5) is 73.4. The highest BCUT2D eigenvalue weighted by Gasteiger charge is 2.25. The first-order chi connectivity index (χ1) is 22.8. The van der Waals surface area contributed by atoms with Crippen molar-refractivity contribution in [2.45, 2.75) is 42.0 Å². The molecule has 2 N–H and O–H groups in total. The van der Waals surface area contributed by atoms with E-state index in [2.05, 4.69) is 30.0 Å². The Hall–Kier alpha value is -6.17. The number of ketones is 2. The normalized spacial score (nSPS) is 10.1. The van der Waals surface area contributed by atoms with Gasteiger partial charge in [0, 0.05) is 41.9 Å². The summed E-state index contributed by atoms with van der Waals surface area (Å²) in [5.74, 6) is -2.99. The zero-order valence-corrected chi connectivity index (χ0v) is 27.1. The van der Waals surface area contributed by atoms with E-state index in [0.29, 0.717) is 22.3 Å². The molecule has 0 atom stereocenters. The minimum Gasteiger partial charge on any atom is -0.478 e. The van der Waals surface area contributed by atoms with Crippen molar-refractivity contribution in [2.75, 3.05) is 11.9 Å². The summed E-state index contributed by atoms with van der Waals surface area (Å²) in [6.45, 7) is 8.45. The van der Waals surface area contributed by atoms with Crippen molar-refractivity contribution < 1.29 is 33.8 Å². The monoisotopic (exact) mass is 665 g/mol. The van der Waals surface area contributed by atoms with Gasteiger partial charge in [0.1, 0.15) is 5.69 Å². The van der Waals surface area contributed by atoms with Crippen LogP contribution in [0.5, 0.6) is 0 Å². The molecule has 0 spiro atoms. The van der Waals surface area contributed by atoms with Crippen molar-refractivity contribution in [3.8, 4) is 11.3 Å². The number of amides is 1. The van der Waals surface area contributed by atoms with Gasteiger partial charge in [-0.25, -0.2) is 14.6 Å². The van der Waals surface area contributed by atoms with Crippen LogP contribution in [0.15, 0.2) is 97.7 Å². The van der Waals surface area contributed by atoms with Crippen LogP contribution in [-0.4, -0.2) is 61.1 Å². The van der Waals surface area contributed by atoms with Gasteiger partial charge in [-0.05, 0) is 37.3 Å². The van der Waals surface area contributed by atoms with Crippen molar-refractivity contribution in [3.63, 3.8) is 0 Å². The molecule has 0 fully saturated rings. The largest absolute Gasteiger partial charge is 0.478 e. The Bertz CT molecular complexity index is 1910. The molecule has 4 heterocycles. The fourth-order valence-corrected chi connectivity index (χ4v) is 3.89. The summed E-state index contributed by atoms with van der Waals surface area (Å²) in [6, 6.07) is 19.4. The number of aromatic nitrogens is 4. The fraction of sp³-hybridized carbons (Fsp3) is 0.216. The molecule has 5 aromatic rings. The third-order valence-corrected chi connectivity index (χ3v) is 6.39. The number of nitrogens with one attached hydrogen (secondary N) is 1. The molecule has 0 aliphatic carbocycles. The average molecular weight is 666 g/mol. The summed E-state index contributed by atoms with van der Waals surface area (Å²) < 4.78 is 4.66. The third kappa shape index (κ3) is 11.2. The van der Waals surface area contributed by atoms with Gasteiger partial charge in [0.15, 0.2) is 5.78 Å². The van der Waals surface area contributed by atoms with Crippen molar-refractivity contribution >= 4 is 46.0 Å². The number of aromatic carboxylic acids is 1. The highest BCUT2D eigenvalue weighted by molar-refractivity contribution is 6.42. The van der Waals surface area contributed by atoms with Crippen LogP contribution in [0.1, 0.15) is 73.2 Å². The molecule has 0 saturated heterocycles. The molecule has 12 heteroatoms. The number of nitrogens with zero attached hydrogens (tertiary/aromatic N) is 4. The summed E-state index contributed by atoms with van der Waals surface area (Å²) >= 11 is 0. The number of carbonyl (C=O) groups is 5. The molecule has 0 bridgehead atoms. The number of ether oxygens (including phenoxy) is 1. The molecule has 1 aromatic carbocycles. The second-order valence-electron chi connectivity index (χ2n) is 11.1. The molecule has 12 nitrogen and oxygen atoms in total. The maximum atomic E-state index is 11.9. The van der Waals surface area contributed by atoms with E-state index in [9.17, 15) is 29.1 Å². The molecule has 0 aliphatic heterocycles. The van der Waals surface area contributed by atoms with E-state index in [1.165, 1.54) is 25.4 Å². The highest BCUT2D eigenvalue weighted by atomic mass is 16.5. The molecule has 5 rings (SSSR count). The first-order valence-electron chi connectivity index (χ1n) is 14.8. The van der Waals surface area contributed by atoms with E-state index in [0.717, 1.165) is 5.56 Å². The number of hydrogen-bond acceptors (Lipinski definition) is 10. The average Bonchev–Trinajstić information content (AvgIpc) is 3.08. The second kappa shape index (κ2) is 18.2. The van der Waals surface area contributed by atoms with E-state index in [1.54, 1.807) is 76.6 Å². The number of carbonyl (C=O) groups excluding carboxylic acids is 4. The summed E-state index contributed by atoms with van der Waals surface area (Å²) in [5, 5.41) is 12.5. The number of carboxylic acids is 1. The SMILES string of the molecule is C.CC(=O)c1ccccn1.CCOC(=O)C(=O)c1ccncc1NC(=O)C(C)(C)C.O=C(O)c1cc(-c2ccccc2)nc2cnccc12. The van der Waals surface area contributed by atoms with Crippen LogP contribution in [0, 0.1) is 5.41 Å². The predicted octanol–water partition coefficient (Wildman–Crippen LogP) is 6.73. The van der Waals surface area contributed by atoms with Crippen LogP contribution >= 0.6 is 0 Å². The number of hydrogen-bond donors (Lipinski definition) is 2. The molecule has 49 heavy (non-hydrogen) atoms. The number of fused-ring (bicyclic) bond motifs is 1. The molecule has 0 unspecified atom stereocenters. The molecule has 0 saturated carbocycles. The molecule has 0 aliphatic rings. The fourth-order valence-electron chi connectivity index (χ4n) is 3.89. The zero-order chi connectivity index (χ0) is 35.3. The van der Waals surface area contributed by atoms with Gasteiger partial charge in [0.25, 0.3) is 5.78 Å². The van der Waals surface area contributed by atoms with E-state index < -0.39 is 23.1 Å². The lowest BCUT2D eigenvalue weighted by Crippen LogP contribution is -2.29. The van der Waals surface area contributed by atoms with E-state index >= 15 is 0 Å². The lowest BCUT2D eigenvalue weighted by Gasteiger charge is -2.18. The Morgan fingerprint density at radius 2 is 1.49 bits per heavy atom. The van der Waals surface area contributed by atoms with Gasteiger partial charge in [-0.2, -0.15) is 0 Å². The van der Waals surface area contributed by atoms with Crippen molar-refractivity contribution in [1.29, 1.82) is 0 Å². The zero-order valence-electron chi connectivity index (χ0n) is 27.1. The van der Waals surface area contributed by atoms with Crippen molar-refractivity contribution in [3.05, 3.63) is 115 Å². The Morgan fingerprint density at radius 3 is 2.06 bits per heavy atom. The number of rotatable bonds is 7. The van der Waals surface area contributed by atoms with Crippen LogP contribution in [0.2, 0.25) is 0 Å². The lowest BCUT2D eigenvalue weighted by atomic mass is 9.95. The van der Waals surface area contributed by atoms with Crippen LogP contribution < -0.4 is 5.32 Å². The number of anilines is 1. The van der Waals surface area contributed by atoms with Gasteiger partial charge in [0.05, 0.1) is 47.0 Å². The van der Waals surface area contributed by atoms with Crippen LogP contribution in [0.4, 0.5) is 5.69 Å². The number of pyridine rings is 4. The lowest BCUT2D eigenvalue weighted by molar-refractivity contribution is -0.137. The number of carboxylic acid groups (broad SMARTS) is 1. The summed E-state index contributed by atoms with van der Waals surface area (Å²) in [6.07, 6.45) is 7.46. The summed E-state index contributed by atoms with van der Waals surface area (Å²) in [7, 11) is 0. The van der Waals surface area contributed by atoms with E-state index in [4.69, 9.17) is 0 Å². The first kappa shape index (κ1) is 39.0. The Morgan fingerprint density at radius 1 is 0.837 bits per heavy atom. The van der Waals surface area contributed by atoms with Crippen molar-refractivity contribution in [1.82, 2.24) is 19.9 Å². The molecular formula is C37H39N5O7. The van der Waals surface area contributed by atoms with Gasteiger partial charge >= 0.3 is 11.9 Å². The number of Topliss-reactive ketones (excluding diaryl/α,β-unsaturated/α-hetero) is 2. The molecule has 4 aromatic heterocycles. The van der Waals surface area contributed by atoms with Gasteiger partial charge < -0.3 is 15.2 Å². The standard InChI is InChI=1S/C15H10N2O2.C14H18N2O4.C7H7NO.CH4/c18-15(19)12-8-13(10-4-2-1-3-5-10)17-14-9-16-7-6-11(12)14;1-5-20-12(18)11(17)9-6-7-15-8-10(9)16-13(19)14(2,3)4;1-6(9)7-4-2-3-5-8-7;/h1-9H,(H,18,19);6-8H,5H2,1-4H3,(H,16,19);2-5H,1H3;1H4. The third-order valence-electron chi connectivity index (χ3n) is 6.39. The Balaban J connectivity index is 0.000000269. The first-order valence-corrected chi connectivity index (χ1v) is 14.8. The van der Waals surface area contributed by atoms with Gasteiger partial charge in [-0.1, -0.05) is 64.6 Å². The van der Waals surface area contributed by atoms with Gasteiger partial charge in [-0.3, -0.25) is 29.3 Å². The van der Waals surface area contributed by atoms with Crippen LogP contribution in [0.3, 0.4) is 0 Å². The van der Waals surface area contributed by atoms with Crippen LogP contribution in [0.25, 0.3) is 22.2 Å². The topological polar surface area (TPSA) is 178 Å². The number of benzene rings is 1. The molecule has 0 radical (unpaired) electrons. The highest BCUT2D eigenvalue weighted by Crippen LogP contribution is 2.24. The maximum absolute atomic E-state index is 11.9. The van der Waals surface area contributed by atoms with E-state index in [1.807, 2.05) is 30.3 Å². The second-order valence-corrected chi connectivity index (χ2v) is 11.1.